The van der Waals surface area contributed by atoms with Crippen molar-refractivity contribution in [3.63, 3.8) is 0 Å². The van der Waals surface area contributed by atoms with Gasteiger partial charge in [-0.15, -0.1) is 0 Å². The van der Waals surface area contributed by atoms with Crippen molar-refractivity contribution in [1.82, 2.24) is 15.0 Å². The molecule has 26 heavy (non-hydrogen) atoms. The first-order chi connectivity index (χ1) is 12.4. The van der Waals surface area contributed by atoms with E-state index in [1.54, 1.807) is 17.9 Å². The molecule has 1 aliphatic heterocycles. The zero-order chi connectivity index (χ0) is 18.7. The van der Waals surface area contributed by atoms with Gasteiger partial charge in [0.15, 0.2) is 0 Å². The average Bonchev–Trinajstić information content (AvgIpc) is 3.01. The van der Waals surface area contributed by atoms with Gasteiger partial charge in [-0.3, -0.25) is 19.8 Å². The van der Waals surface area contributed by atoms with Crippen LogP contribution in [0.25, 0.3) is 0 Å². The van der Waals surface area contributed by atoms with Crippen LogP contribution < -0.4 is 5.32 Å². The normalized spacial score (nSPS) is 15.1. The first kappa shape index (κ1) is 18.3. The number of anilines is 1. The van der Waals surface area contributed by atoms with Crippen molar-refractivity contribution in [3.05, 3.63) is 46.4 Å². The lowest BCUT2D eigenvalue weighted by Gasteiger charge is -2.34. The molecule has 9 heteroatoms. The zero-order valence-electron chi connectivity index (χ0n) is 14.2. The summed E-state index contributed by atoms with van der Waals surface area (Å²) in [4.78, 5) is 28.0. The number of rotatable bonds is 4. The fourth-order valence-corrected chi connectivity index (χ4v) is 2.92. The number of benzene rings is 1. The minimum absolute atomic E-state index is 0.0376. The molecule has 0 bridgehead atoms. The van der Waals surface area contributed by atoms with Gasteiger partial charge in [0, 0.05) is 37.3 Å². The van der Waals surface area contributed by atoms with Gasteiger partial charge in [0.05, 0.1) is 17.8 Å². The lowest BCUT2D eigenvalue weighted by molar-refractivity contribution is -0.117. The van der Waals surface area contributed by atoms with Crippen LogP contribution >= 0.6 is 11.6 Å². The highest BCUT2D eigenvalue weighted by Crippen LogP contribution is 2.18. The number of aryl methyl sites for hydroxylation is 1. The average molecular weight is 381 g/mol. The Bertz CT molecular complexity index is 818. The summed E-state index contributed by atoms with van der Waals surface area (Å²) in [5, 5.41) is 6.64. The van der Waals surface area contributed by atoms with Crippen molar-refractivity contribution < 1.29 is 18.5 Å². The van der Waals surface area contributed by atoms with Crippen LogP contribution in [0.5, 0.6) is 0 Å². The second-order valence-corrected chi connectivity index (χ2v) is 6.51. The zero-order valence-corrected chi connectivity index (χ0v) is 14.9. The standard InChI is InChI=1S/C17H18ClFN4O3/c1-11-8-16(26-21-11)20-15(24)10-22-4-6-23(7-5-22)17(25)13-9-12(18)2-3-14(13)19/h2-3,8-9H,4-7,10H2,1H3,(H,20,24). The Balaban J connectivity index is 1.51. The number of aromatic nitrogens is 1. The number of nitrogens with zero attached hydrogens (tertiary/aromatic N) is 3. The summed E-state index contributed by atoms with van der Waals surface area (Å²) >= 11 is 5.85. The molecule has 1 N–H and O–H groups in total. The van der Waals surface area contributed by atoms with E-state index in [0.29, 0.717) is 42.8 Å². The Labute approximate surface area is 154 Å². The van der Waals surface area contributed by atoms with Gasteiger partial charge < -0.3 is 9.42 Å². The Kier molecular flexibility index (Phi) is 5.53. The summed E-state index contributed by atoms with van der Waals surface area (Å²) in [5.74, 6) is -0.908. The quantitative estimate of drug-likeness (QED) is 0.879. The van der Waals surface area contributed by atoms with Crippen LogP contribution in [0.4, 0.5) is 10.3 Å². The number of piperazine rings is 1. The molecule has 1 aromatic heterocycles. The van der Waals surface area contributed by atoms with Crippen molar-refractivity contribution in [2.75, 3.05) is 38.0 Å². The number of nitrogens with one attached hydrogen (secondary N) is 1. The Hall–Kier alpha value is -2.45. The Morgan fingerprint density at radius 2 is 2.00 bits per heavy atom. The second kappa shape index (κ2) is 7.84. The first-order valence-corrected chi connectivity index (χ1v) is 8.50. The van der Waals surface area contributed by atoms with Gasteiger partial charge in [0.25, 0.3) is 5.91 Å². The fraction of sp³-hybridized carbons (Fsp3) is 0.353. The van der Waals surface area contributed by atoms with Crippen molar-refractivity contribution in [2.24, 2.45) is 0 Å². The molecule has 7 nitrogen and oxygen atoms in total. The van der Waals surface area contributed by atoms with Crippen LogP contribution in [-0.2, 0) is 4.79 Å². The predicted octanol–water partition coefficient (Wildman–Crippen LogP) is 2.17. The molecular formula is C17H18ClFN4O3. The molecule has 0 unspecified atom stereocenters. The van der Waals surface area contributed by atoms with Gasteiger partial charge in [-0.25, -0.2) is 4.39 Å². The minimum Gasteiger partial charge on any atom is -0.338 e. The molecule has 1 aromatic carbocycles. The molecule has 1 fully saturated rings. The fourth-order valence-electron chi connectivity index (χ4n) is 2.74. The summed E-state index contributed by atoms with van der Waals surface area (Å²) in [6, 6.07) is 5.55. The molecule has 1 saturated heterocycles. The van der Waals surface area contributed by atoms with E-state index in [-0.39, 0.29) is 18.0 Å². The Morgan fingerprint density at radius 3 is 2.65 bits per heavy atom. The molecule has 2 aromatic rings. The van der Waals surface area contributed by atoms with Gasteiger partial charge >= 0.3 is 0 Å². The maximum Gasteiger partial charge on any atom is 0.256 e. The highest BCUT2D eigenvalue weighted by atomic mass is 35.5. The first-order valence-electron chi connectivity index (χ1n) is 8.12. The third-order valence-electron chi connectivity index (χ3n) is 4.08. The molecule has 0 atom stereocenters. The van der Waals surface area contributed by atoms with Crippen molar-refractivity contribution in [2.45, 2.75) is 6.92 Å². The van der Waals surface area contributed by atoms with E-state index in [4.69, 9.17) is 16.1 Å². The van der Waals surface area contributed by atoms with E-state index in [1.807, 2.05) is 4.90 Å². The van der Waals surface area contributed by atoms with E-state index in [0.717, 1.165) is 0 Å². The van der Waals surface area contributed by atoms with E-state index in [1.165, 1.54) is 18.2 Å². The molecule has 138 valence electrons. The molecular weight excluding hydrogens is 363 g/mol. The molecule has 0 aliphatic carbocycles. The monoisotopic (exact) mass is 380 g/mol. The molecule has 0 spiro atoms. The van der Waals surface area contributed by atoms with Crippen LogP contribution in [0.3, 0.4) is 0 Å². The highest BCUT2D eigenvalue weighted by molar-refractivity contribution is 6.31. The third-order valence-corrected chi connectivity index (χ3v) is 4.31. The summed E-state index contributed by atoms with van der Waals surface area (Å²) in [6.45, 7) is 3.76. The second-order valence-electron chi connectivity index (χ2n) is 6.07. The van der Waals surface area contributed by atoms with Gasteiger partial charge in [-0.2, -0.15) is 0 Å². The molecule has 3 rings (SSSR count). The number of carbonyl (C=O) groups is 2. The third kappa shape index (κ3) is 4.39. The van der Waals surface area contributed by atoms with E-state index in [9.17, 15) is 14.0 Å². The SMILES string of the molecule is Cc1cc(NC(=O)CN2CCN(C(=O)c3cc(Cl)ccc3F)CC2)on1. The van der Waals surface area contributed by atoms with Gasteiger partial charge in [0.1, 0.15) is 5.82 Å². The van der Waals surface area contributed by atoms with Crippen LogP contribution in [0, 0.1) is 12.7 Å². The lowest BCUT2D eigenvalue weighted by Crippen LogP contribution is -2.50. The van der Waals surface area contributed by atoms with Gasteiger partial charge in [-0.1, -0.05) is 16.8 Å². The number of hydrogen-bond acceptors (Lipinski definition) is 5. The largest absolute Gasteiger partial charge is 0.338 e. The number of halogens is 2. The van der Waals surface area contributed by atoms with Crippen molar-refractivity contribution in [1.29, 1.82) is 0 Å². The topological polar surface area (TPSA) is 78.7 Å². The molecule has 2 amide bonds. The Morgan fingerprint density at radius 1 is 1.27 bits per heavy atom. The summed E-state index contributed by atoms with van der Waals surface area (Å²) in [5.41, 5.74) is 0.644. The van der Waals surface area contributed by atoms with Crippen LogP contribution in [-0.4, -0.2) is 59.5 Å². The lowest BCUT2D eigenvalue weighted by atomic mass is 10.1. The summed E-state index contributed by atoms with van der Waals surface area (Å²) in [6.07, 6.45) is 0. The molecule has 0 saturated carbocycles. The van der Waals surface area contributed by atoms with Crippen LogP contribution in [0.15, 0.2) is 28.8 Å². The van der Waals surface area contributed by atoms with E-state index >= 15 is 0 Å². The van der Waals surface area contributed by atoms with Crippen LogP contribution in [0.1, 0.15) is 16.1 Å². The molecule has 0 radical (unpaired) electrons. The maximum absolute atomic E-state index is 13.8. The van der Waals surface area contributed by atoms with E-state index in [2.05, 4.69) is 10.5 Å². The smallest absolute Gasteiger partial charge is 0.256 e. The minimum atomic E-state index is -0.594. The van der Waals surface area contributed by atoms with Crippen molar-refractivity contribution in [3.8, 4) is 0 Å². The van der Waals surface area contributed by atoms with Gasteiger partial charge in [-0.05, 0) is 25.1 Å². The molecule has 2 heterocycles. The van der Waals surface area contributed by atoms with Gasteiger partial charge in [0.2, 0.25) is 11.8 Å². The van der Waals surface area contributed by atoms with E-state index < -0.39 is 11.7 Å². The number of amides is 2. The predicted molar refractivity (Wildman–Crippen MR) is 93.6 cm³/mol. The summed E-state index contributed by atoms with van der Waals surface area (Å²) in [7, 11) is 0. The maximum atomic E-state index is 13.8. The van der Waals surface area contributed by atoms with Crippen molar-refractivity contribution >= 4 is 29.3 Å². The number of carbonyl (C=O) groups excluding carboxylic acids is 2. The highest BCUT2D eigenvalue weighted by Gasteiger charge is 2.25. The number of hydrogen-bond donors (Lipinski definition) is 1. The van der Waals surface area contributed by atoms with Crippen LogP contribution in [0.2, 0.25) is 5.02 Å². The molecule has 1 aliphatic rings. The summed E-state index contributed by atoms with van der Waals surface area (Å²) < 4.78 is 18.8.